The molecule has 0 radical (unpaired) electrons. The quantitative estimate of drug-likeness (QED) is 0.319. The van der Waals surface area contributed by atoms with Crippen molar-refractivity contribution in [1.82, 2.24) is 0 Å². The van der Waals surface area contributed by atoms with Crippen molar-refractivity contribution in [3.8, 4) is 0 Å². The molecule has 0 spiro atoms. The van der Waals surface area contributed by atoms with Crippen molar-refractivity contribution < 1.29 is 0 Å². The van der Waals surface area contributed by atoms with Gasteiger partial charge in [0.15, 0.2) is 5.11 Å². The van der Waals surface area contributed by atoms with Gasteiger partial charge in [-0.1, -0.05) is 0 Å². The third-order valence-electron chi connectivity index (χ3n) is 0.204. The maximum absolute atomic E-state index is 3.42. The van der Waals surface area contributed by atoms with E-state index in [9.17, 15) is 0 Å². The highest BCUT2D eigenvalue weighted by Gasteiger charge is 1.99. The minimum absolute atomic E-state index is 1.05. The Balaban J connectivity index is 2.61. The molecule has 24 valence electrons. The van der Waals surface area contributed by atoms with Crippen LogP contribution >= 0.6 is 12.1 Å². The average molecular weight is 86.1 g/mol. The molecule has 0 saturated heterocycles. The highest BCUT2D eigenvalue weighted by atomic mass is 32.2. The summed E-state index contributed by atoms with van der Waals surface area (Å²) in [6.07, 6.45) is 2.27. The third-order valence-corrected chi connectivity index (χ3v) is 0.522. The second kappa shape index (κ2) is 1.10. The summed E-state index contributed by atoms with van der Waals surface area (Å²) >= 11 is 1.05. The van der Waals surface area contributed by atoms with Crippen LogP contribution in [-0.4, -0.2) is 6.34 Å². The normalized spacial score (nSPS) is 16.0. The van der Waals surface area contributed by atoms with E-state index < -0.39 is 0 Å². The second-order valence-electron chi connectivity index (χ2n) is 0.455. The Labute approximate surface area is 33.5 Å². The van der Waals surface area contributed by atoms with Gasteiger partial charge in [-0.3, -0.25) is 0 Å². The fourth-order valence-corrected chi connectivity index (χ4v) is 0.274. The van der Waals surface area contributed by atoms with Crippen LogP contribution in [0.5, 0.6) is 0 Å². The van der Waals surface area contributed by atoms with Gasteiger partial charge in [0.1, 0.15) is 0 Å². The molecule has 0 atom stereocenters. The van der Waals surface area contributed by atoms with Crippen LogP contribution in [0.1, 0.15) is 0 Å². The van der Waals surface area contributed by atoms with Gasteiger partial charge < -0.3 is 0 Å². The minimum atomic E-state index is 1.05. The van der Waals surface area contributed by atoms with Crippen LogP contribution in [0.25, 0.3) is 0 Å². The van der Waals surface area contributed by atoms with E-state index in [0.717, 1.165) is 12.1 Å². The molecule has 0 saturated carbocycles. The Morgan fingerprint density at radius 2 is 2.60 bits per heavy atom. The summed E-state index contributed by atoms with van der Waals surface area (Å²) in [4.78, 5) is 0. The summed E-state index contributed by atoms with van der Waals surface area (Å²) in [5, 5.41) is 3.25. The van der Waals surface area contributed by atoms with E-state index in [2.05, 4.69) is 20.4 Å². The minimum Gasteiger partial charge on any atom is -0.0341 e. The number of rotatable bonds is 0. The maximum Gasteiger partial charge on any atom is 0.585 e. The van der Waals surface area contributed by atoms with Crippen molar-refractivity contribution >= 4 is 18.5 Å². The molecule has 0 aromatic carbocycles. The van der Waals surface area contributed by atoms with Crippen molar-refractivity contribution in [2.24, 2.45) is 14.0 Å². The summed E-state index contributed by atoms with van der Waals surface area (Å²) < 4.78 is 6.76. The van der Waals surface area contributed by atoms with Gasteiger partial charge >= 0.3 is 6.34 Å². The topological polar surface area (TPSA) is 37.1 Å². The van der Waals surface area contributed by atoms with E-state index in [1.165, 1.54) is 0 Å². The highest BCUT2D eigenvalue weighted by molar-refractivity contribution is 7.96. The number of hydrogen-bond donors (Lipinski definition) is 0. The molecule has 0 N–H and O–H groups in total. The molecule has 0 unspecified atom stereocenters. The first-order chi connectivity index (χ1) is 2.50. The van der Waals surface area contributed by atoms with Crippen molar-refractivity contribution in [2.45, 2.75) is 0 Å². The lowest BCUT2D eigenvalue weighted by atomic mass is 11.4. The van der Waals surface area contributed by atoms with Crippen LogP contribution in [0.3, 0.4) is 0 Å². The van der Waals surface area contributed by atoms with Crippen LogP contribution in [-0.2, 0) is 0 Å². The van der Waals surface area contributed by atoms with Gasteiger partial charge in [0.05, 0.1) is 4.40 Å². The first-order valence-electron chi connectivity index (χ1n) is 1.01. The molecule has 0 fully saturated rings. The van der Waals surface area contributed by atoms with Crippen LogP contribution < -0.4 is 0 Å². The van der Waals surface area contributed by atoms with Gasteiger partial charge in [0, 0.05) is 0 Å². The molecule has 1 rings (SSSR count). The molecule has 0 aromatic heterocycles. The van der Waals surface area contributed by atoms with E-state index in [4.69, 9.17) is 0 Å². The van der Waals surface area contributed by atoms with Crippen LogP contribution in [0, 0.1) is 0 Å². The predicted molar refractivity (Wildman–Crippen MR) is 19.9 cm³/mol. The zero-order valence-electron chi connectivity index (χ0n) is 2.25. The first-order valence-corrected chi connectivity index (χ1v) is 1.74. The van der Waals surface area contributed by atoms with E-state index in [0.29, 0.717) is 0 Å². The fourth-order valence-electron chi connectivity index (χ4n) is 0.0913. The second-order valence-corrected chi connectivity index (χ2v) is 0.964. The fraction of sp³-hybridized carbons (Fsp3) is 0. The smallest absolute Gasteiger partial charge is 0.0341 e. The Hall–Kier alpha value is -0.470. The van der Waals surface area contributed by atoms with Crippen LogP contribution in [0.15, 0.2) is 14.0 Å². The van der Waals surface area contributed by atoms with Crippen LogP contribution in [0.4, 0.5) is 0 Å². The monoisotopic (exact) mass is 86.0 g/mol. The molecule has 3 nitrogen and oxygen atoms in total. The van der Waals surface area contributed by atoms with Crippen molar-refractivity contribution in [3.05, 3.63) is 0 Å². The zero-order chi connectivity index (χ0) is 3.54. The molecule has 0 aliphatic carbocycles. The predicted octanol–water partition coefficient (Wildman–Crippen LogP) is 0.921. The molecule has 1 heterocycles. The van der Waals surface area contributed by atoms with Gasteiger partial charge in [-0.05, 0) is 4.52 Å². The highest BCUT2D eigenvalue weighted by Crippen LogP contribution is 2.06. The van der Waals surface area contributed by atoms with E-state index in [1.54, 1.807) is 0 Å². The van der Waals surface area contributed by atoms with E-state index >= 15 is 0 Å². The molecule has 4 heteroatoms. The van der Waals surface area contributed by atoms with Gasteiger partial charge in [0.2, 0.25) is 12.1 Å². The van der Waals surface area contributed by atoms with Gasteiger partial charge in [-0.25, -0.2) is 0 Å². The van der Waals surface area contributed by atoms with E-state index in [1.807, 2.05) is 0 Å². The third kappa shape index (κ3) is 0.403. The lowest BCUT2D eigenvalue weighted by molar-refractivity contribution is 1.49. The SMILES string of the molecule is [C+]1=NSN=N1. The summed E-state index contributed by atoms with van der Waals surface area (Å²) in [5.41, 5.74) is 0. The molecule has 5 heavy (non-hydrogen) atoms. The van der Waals surface area contributed by atoms with Gasteiger partial charge in [-0.15, -0.1) is 0 Å². The van der Waals surface area contributed by atoms with Crippen molar-refractivity contribution in [3.63, 3.8) is 0 Å². The van der Waals surface area contributed by atoms with E-state index in [-0.39, 0.29) is 0 Å². The Morgan fingerprint density at radius 3 is 2.80 bits per heavy atom. The molecule has 0 aromatic rings. The molecular weight excluding hydrogens is 86.1 g/mol. The first kappa shape index (κ1) is 2.75. The summed E-state index contributed by atoms with van der Waals surface area (Å²) in [6, 6.07) is 0. The summed E-state index contributed by atoms with van der Waals surface area (Å²) in [6.45, 7) is 0. The molecule has 0 amide bonds. The molecule has 0 bridgehead atoms. The maximum atomic E-state index is 3.42. The summed E-state index contributed by atoms with van der Waals surface area (Å²) in [5.74, 6) is 0. The van der Waals surface area contributed by atoms with Crippen LogP contribution in [0.2, 0.25) is 0 Å². The Kier molecular flexibility index (Phi) is 0.606. The standard InChI is InChI=1S/CN3S/c1-2-4-5-3-1/q+1. The Bertz CT molecular complexity index is 65.0. The molecular formula is CN3S+. The lowest BCUT2D eigenvalue weighted by Crippen LogP contribution is -1.40. The molecule has 1 aliphatic rings. The molecule has 1 aliphatic heterocycles. The number of nitrogens with zero attached hydrogens (tertiary/aromatic N) is 3. The average Bonchev–Trinajstić information content (AvgIpc) is 1.76. The summed E-state index contributed by atoms with van der Waals surface area (Å²) in [7, 11) is 0. The lowest BCUT2D eigenvalue weighted by Gasteiger charge is -1.41. The number of hydrogen-bond acceptors (Lipinski definition) is 4. The van der Waals surface area contributed by atoms with Crippen molar-refractivity contribution in [2.75, 3.05) is 0 Å². The largest absolute Gasteiger partial charge is 0.585 e. The zero-order valence-corrected chi connectivity index (χ0v) is 3.07. The van der Waals surface area contributed by atoms with Gasteiger partial charge in [-0.2, -0.15) is 0 Å². The van der Waals surface area contributed by atoms with Gasteiger partial charge in [0.25, 0.3) is 0 Å². The Morgan fingerprint density at radius 1 is 1.60 bits per heavy atom. The van der Waals surface area contributed by atoms with Crippen molar-refractivity contribution in [1.29, 1.82) is 0 Å².